The zero-order chi connectivity index (χ0) is 13.5. The minimum atomic E-state index is -0.989. The molecule has 0 bridgehead atoms. The van der Waals surface area contributed by atoms with Crippen molar-refractivity contribution < 1.29 is 14.6 Å². The van der Waals surface area contributed by atoms with Crippen molar-refractivity contribution >= 4 is 5.97 Å². The van der Waals surface area contributed by atoms with Crippen molar-refractivity contribution in [2.75, 3.05) is 6.61 Å². The van der Waals surface area contributed by atoms with Crippen molar-refractivity contribution in [3.8, 4) is 5.88 Å². The van der Waals surface area contributed by atoms with Gasteiger partial charge in [-0.25, -0.2) is 9.78 Å². The van der Waals surface area contributed by atoms with Gasteiger partial charge in [0.05, 0.1) is 12.2 Å². The first kappa shape index (κ1) is 13.0. The molecule has 0 aliphatic rings. The molecule has 2 aromatic heterocycles. The number of carboxylic acid groups (broad SMARTS) is 1. The van der Waals surface area contributed by atoms with Crippen molar-refractivity contribution in [3.05, 3.63) is 54.0 Å². The lowest BCUT2D eigenvalue weighted by atomic mass is 10.1. The number of carbonyl (C=O) groups is 1. The summed E-state index contributed by atoms with van der Waals surface area (Å²) in [5, 5.41) is 8.73. The van der Waals surface area contributed by atoms with E-state index >= 15 is 0 Å². The molecule has 0 spiro atoms. The van der Waals surface area contributed by atoms with Crippen LogP contribution in [0, 0.1) is 0 Å². The first-order valence-corrected chi connectivity index (χ1v) is 5.97. The lowest BCUT2D eigenvalue weighted by molar-refractivity contribution is 0.0696. The molecule has 1 N–H and O–H groups in total. The maximum atomic E-state index is 10.6. The molecule has 19 heavy (non-hydrogen) atoms. The number of aromatic nitrogens is 2. The summed E-state index contributed by atoms with van der Waals surface area (Å²) in [7, 11) is 0. The van der Waals surface area contributed by atoms with Crippen molar-refractivity contribution in [1.29, 1.82) is 0 Å². The fourth-order valence-electron chi connectivity index (χ4n) is 1.59. The molecule has 0 unspecified atom stereocenters. The Bertz CT molecular complexity index is 526. The second-order valence-electron chi connectivity index (χ2n) is 4.00. The number of aryl methyl sites for hydroxylation is 1. The van der Waals surface area contributed by atoms with Gasteiger partial charge >= 0.3 is 5.97 Å². The predicted molar refractivity (Wildman–Crippen MR) is 69.2 cm³/mol. The van der Waals surface area contributed by atoms with Crippen LogP contribution in [-0.2, 0) is 6.42 Å². The standard InChI is InChI=1S/C14H14N2O3/c17-14(18)12-3-4-13(16-10-12)19-9-1-2-11-5-7-15-8-6-11/h3-8,10H,1-2,9H2,(H,17,18). The molecule has 2 rings (SSSR count). The molecule has 5 nitrogen and oxygen atoms in total. The fourth-order valence-corrected chi connectivity index (χ4v) is 1.59. The number of rotatable bonds is 6. The average molecular weight is 258 g/mol. The summed E-state index contributed by atoms with van der Waals surface area (Å²) in [4.78, 5) is 18.5. The Morgan fingerprint density at radius 3 is 2.63 bits per heavy atom. The number of pyridine rings is 2. The topological polar surface area (TPSA) is 72.3 Å². The Morgan fingerprint density at radius 1 is 1.21 bits per heavy atom. The van der Waals surface area contributed by atoms with Crippen molar-refractivity contribution in [1.82, 2.24) is 9.97 Å². The number of hydrogen-bond donors (Lipinski definition) is 1. The van der Waals surface area contributed by atoms with Gasteiger partial charge in [-0.15, -0.1) is 0 Å². The first-order chi connectivity index (χ1) is 9.25. The maximum absolute atomic E-state index is 10.6. The van der Waals surface area contributed by atoms with Crippen molar-refractivity contribution in [2.45, 2.75) is 12.8 Å². The number of carboxylic acids is 1. The largest absolute Gasteiger partial charge is 0.478 e. The quantitative estimate of drug-likeness (QED) is 0.804. The lowest BCUT2D eigenvalue weighted by Gasteiger charge is -2.05. The molecule has 0 radical (unpaired) electrons. The summed E-state index contributed by atoms with van der Waals surface area (Å²) in [6.45, 7) is 0.543. The number of aromatic carboxylic acids is 1. The van der Waals surface area contributed by atoms with E-state index in [1.54, 1.807) is 18.5 Å². The molecule has 5 heteroatoms. The molecule has 98 valence electrons. The second-order valence-corrected chi connectivity index (χ2v) is 4.00. The van der Waals surface area contributed by atoms with E-state index in [9.17, 15) is 4.79 Å². The third-order valence-electron chi connectivity index (χ3n) is 2.59. The van der Waals surface area contributed by atoms with E-state index in [1.165, 1.54) is 17.8 Å². The minimum Gasteiger partial charge on any atom is -0.478 e. The summed E-state index contributed by atoms with van der Waals surface area (Å²) >= 11 is 0. The van der Waals surface area contributed by atoms with E-state index in [0.717, 1.165) is 12.8 Å². The van der Waals surface area contributed by atoms with Crippen LogP contribution in [0.1, 0.15) is 22.3 Å². The van der Waals surface area contributed by atoms with Crippen LogP contribution in [0.4, 0.5) is 0 Å². The normalized spacial score (nSPS) is 10.1. The van der Waals surface area contributed by atoms with Gasteiger partial charge in [-0.1, -0.05) is 0 Å². The van der Waals surface area contributed by atoms with E-state index in [4.69, 9.17) is 9.84 Å². The molecule has 0 saturated carbocycles. The van der Waals surface area contributed by atoms with Crippen LogP contribution < -0.4 is 4.74 Å². The third-order valence-corrected chi connectivity index (χ3v) is 2.59. The molecular formula is C14H14N2O3. The monoisotopic (exact) mass is 258 g/mol. The Hall–Kier alpha value is -2.43. The minimum absolute atomic E-state index is 0.157. The predicted octanol–water partition coefficient (Wildman–Crippen LogP) is 2.19. The van der Waals surface area contributed by atoms with Gasteiger partial charge in [0, 0.05) is 24.7 Å². The SMILES string of the molecule is O=C(O)c1ccc(OCCCc2ccncc2)nc1. The summed E-state index contributed by atoms with van der Waals surface area (Å²) in [6.07, 6.45) is 6.60. The van der Waals surface area contributed by atoms with Gasteiger partial charge in [-0.2, -0.15) is 0 Å². The van der Waals surface area contributed by atoms with Gasteiger partial charge in [0.15, 0.2) is 0 Å². The number of hydrogen-bond acceptors (Lipinski definition) is 4. The first-order valence-electron chi connectivity index (χ1n) is 5.97. The van der Waals surface area contributed by atoms with E-state index in [-0.39, 0.29) is 5.56 Å². The highest BCUT2D eigenvalue weighted by Crippen LogP contribution is 2.08. The van der Waals surface area contributed by atoms with Crippen molar-refractivity contribution in [3.63, 3.8) is 0 Å². The van der Waals surface area contributed by atoms with Crippen LogP contribution in [0.15, 0.2) is 42.9 Å². The smallest absolute Gasteiger partial charge is 0.337 e. The third kappa shape index (κ3) is 4.06. The number of ether oxygens (including phenoxy) is 1. The zero-order valence-corrected chi connectivity index (χ0v) is 10.3. The summed E-state index contributed by atoms with van der Waals surface area (Å²) < 4.78 is 5.44. The van der Waals surface area contributed by atoms with Crippen LogP contribution in [-0.4, -0.2) is 27.7 Å². The van der Waals surface area contributed by atoms with Gasteiger partial charge in [0.25, 0.3) is 0 Å². The molecular weight excluding hydrogens is 244 g/mol. The highest BCUT2D eigenvalue weighted by atomic mass is 16.5. The van der Waals surface area contributed by atoms with Gasteiger partial charge in [0.2, 0.25) is 5.88 Å². The van der Waals surface area contributed by atoms with E-state index in [1.807, 2.05) is 12.1 Å². The Balaban J connectivity index is 1.75. The average Bonchev–Trinajstić information content (AvgIpc) is 2.45. The molecule has 2 aromatic rings. The summed E-state index contributed by atoms with van der Waals surface area (Å²) in [5.41, 5.74) is 1.37. The van der Waals surface area contributed by atoms with E-state index in [2.05, 4.69) is 9.97 Å². The van der Waals surface area contributed by atoms with Gasteiger partial charge in [-0.3, -0.25) is 4.98 Å². The van der Waals surface area contributed by atoms with Crippen LogP contribution in [0.3, 0.4) is 0 Å². The Labute approximate surface area is 110 Å². The zero-order valence-electron chi connectivity index (χ0n) is 10.3. The van der Waals surface area contributed by atoms with Gasteiger partial charge in [-0.05, 0) is 36.6 Å². The van der Waals surface area contributed by atoms with E-state index in [0.29, 0.717) is 12.5 Å². The molecule has 0 fully saturated rings. The van der Waals surface area contributed by atoms with Crippen LogP contribution in [0.5, 0.6) is 5.88 Å². The van der Waals surface area contributed by atoms with Gasteiger partial charge in [0.1, 0.15) is 0 Å². The van der Waals surface area contributed by atoms with E-state index < -0.39 is 5.97 Å². The van der Waals surface area contributed by atoms with Crippen molar-refractivity contribution in [2.24, 2.45) is 0 Å². The molecule has 0 aliphatic heterocycles. The molecule has 2 heterocycles. The Morgan fingerprint density at radius 2 is 2.00 bits per heavy atom. The second kappa shape index (κ2) is 6.49. The molecule has 0 atom stereocenters. The number of nitrogens with zero attached hydrogens (tertiary/aromatic N) is 2. The van der Waals surface area contributed by atoms with Crippen LogP contribution in [0.2, 0.25) is 0 Å². The molecule has 0 aliphatic carbocycles. The highest BCUT2D eigenvalue weighted by molar-refractivity contribution is 5.87. The molecule has 0 saturated heterocycles. The molecule has 0 aromatic carbocycles. The van der Waals surface area contributed by atoms with Crippen LogP contribution >= 0.6 is 0 Å². The maximum Gasteiger partial charge on any atom is 0.337 e. The fraction of sp³-hybridized carbons (Fsp3) is 0.214. The Kier molecular flexibility index (Phi) is 4.44. The van der Waals surface area contributed by atoms with Crippen LogP contribution in [0.25, 0.3) is 0 Å². The lowest BCUT2D eigenvalue weighted by Crippen LogP contribution is -2.02. The summed E-state index contributed by atoms with van der Waals surface area (Å²) in [6, 6.07) is 6.99. The summed E-state index contributed by atoms with van der Waals surface area (Å²) in [5.74, 6) is -0.545. The highest BCUT2D eigenvalue weighted by Gasteiger charge is 2.03. The molecule has 0 amide bonds. The van der Waals surface area contributed by atoms with Gasteiger partial charge < -0.3 is 9.84 Å².